The number of rotatable bonds is 4. The third kappa shape index (κ3) is 2.96. The van der Waals surface area contributed by atoms with Crippen molar-refractivity contribution in [2.45, 2.75) is 13.5 Å². The van der Waals surface area contributed by atoms with Crippen molar-refractivity contribution < 1.29 is 0 Å². The van der Waals surface area contributed by atoms with Crippen molar-refractivity contribution in [3.63, 3.8) is 0 Å². The molecule has 1 aromatic carbocycles. The Bertz CT molecular complexity index is 958. The summed E-state index contributed by atoms with van der Waals surface area (Å²) < 4.78 is 1.95. The van der Waals surface area contributed by atoms with E-state index in [1.807, 2.05) is 47.8 Å². The van der Waals surface area contributed by atoms with Crippen LogP contribution in [0, 0.1) is 6.92 Å². The molecule has 5 nitrogen and oxygen atoms in total. The summed E-state index contributed by atoms with van der Waals surface area (Å²) in [6.07, 6.45) is 7.18. The van der Waals surface area contributed by atoms with E-state index in [4.69, 9.17) is 5.10 Å². The summed E-state index contributed by atoms with van der Waals surface area (Å²) in [4.78, 5) is 13.7. The zero-order valence-corrected chi connectivity index (χ0v) is 13.9. The quantitative estimate of drug-likeness (QED) is 0.570. The summed E-state index contributed by atoms with van der Waals surface area (Å²) in [6, 6.07) is 10.3. The number of benzene rings is 1. The molecule has 0 radical (unpaired) electrons. The van der Waals surface area contributed by atoms with Crippen molar-refractivity contribution in [3.05, 3.63) is 71.3 Å². The number of aromatic nitrogens is 5. The van der Waals surface area contributed by atoms with Crippen LogP contribution >= 0.6 is 11.3 Å². The molecule has 0 amide bonds. The van der Waals surface area contributed by atoms with E-state index < -0.39 is 0 Å². The summed E-state index contributed by atoms with van der Waals surface area (Å²) in [5.41, 5.74) is 7.07. The molecule has 0 fully saturated rings. The Labute approximate surface area is 143 Å². The van der Waals surface area contributed by atoms with Crippen LogP contribution in [0.1, 0.15) is 10.6 Å². The number of nitrogens with zero attached hydrogens (tertiary/aromatic N) is 5. The van der Waals surface area contributed by atoms with Crippen LogP contribution in [-0.2, 0) is 6.54 Å². The fourth-order valence-corrected chi connectivity index (χ4v) is 3.30. The van der Waals surface area contributed by atoms with Gasteiger partial charge in [-0.3, -0.25) is 4.68 Å². The first-order chi connectivity index (χ1) is 11.8. The highest BCUT2D eigenvalue weighted by Crippen LogP contribution is 2.24. The SMILES string of the molecule is Cc1ncsc1Cn1ccc(-c2cccc(-c3cncnc3)c2)n1. The zero-order valence-electron chi connectivity index (χ0n) is 13.1. The van der Waals surface area contributed by atoms with E-state index in [1.54, 1.807) is 11.3 Å². The maximum atomic E-state index is 4.70. The molecule has 24 heavy (non-hydrogen) atoms. The molecule has 0 saturated carbocycles. The van der Waals surface area contributed by atoms with Crippen LogP contribution in [0.15, 0.2) is 60.8 Å². The van der Waals surface area contributed by atoms with Crippen molar-refractivity contribution in [3.8, 4) is 22.4 Å². The average Bonchev–Trinajstić information content (AvgIpc) is 3.26. The van der Waals surface area contributed by atoms with Crippen molar-refractivity contribution in [2.75, 3.05) is 0 Å². The minimum atomic E-state index is 0.753. The predicted octanol–water partition coefficient (Wildman–Crippen LogP) is 3.82. The van der Waals surface area contributed by atoms with Crippen molar-refractivity contribution in [1.29, 1.82) is 0 Å². The van der Waals surface area contributed by atoms with Crippen molar-refractivity contribution in [1.82, 2.24) is 24.7 Å². The number of thiazole rings is 1. The molecule has 3 heterocycles. The summed E-state index contributed by atoms with van der Waals surface area (Å²) in [5, 5.41) is 4.70. The van der Waals surface area contributed by atoms with E-state index in [1.165, 1.54) is 11.2 Å². The van der Waals surface area contributed by atoms with E-state index in [-0.39, 0.29) is 0 Å². The van der Waals surface area contributed by atoms with Gasteiger partial charge in [-0.25, -0.2) is 15.0 Å². The maximum Gasteiger partial charge on any atom is 0.115 e. The Kier molecular flexibility index (Phi) is 3.88. The fourth-order valence-electron chi connectivity index (χ4n) is 2.54. The lowest BCUT2D eigenvalue weighted by molar-refractivity contribution is 0.693. The largest absolute Gasteiger partial charge is 0.267 e. The second-order valence-electron chi connectivity index (χ2n) is 5.47. The van der Waals surface area contributed by atoms with E-state index >= 15 is 0 Å². The van der Waals surface area contributed by atoms with Crippen LogP contribution in [0.3, 0.4) is 0 Å². The van der Waals surface area contributed by atoms with Gasteiger partial charge in [-0.15, -0.1) is 11.3 Å². The molecule has 118 valence electrons. The first-order valence-electron chi connectivity index (χ1n) is 7.58. The topological polar surface area (TPSA) is 56.5 Å². The Morgan fingerprint density at radius 1 is 1.04 bits per heavy atom. The Hall–Kier alpha value is -2.86. The summed E-state index contributed by atoms with van der Waals surface area (Å²) >= 11 is 1.66. The third-order valence-electron chi connectivity index (χ3n) is 3.84. The van der Waals surface area contributed by atoms with E-state index in [2.05, 4.69) is 33.2 Å². The molecule has 0 atom stereocenters. The monoisotopic (exact) mass is 333 g/mol. The van der Waals surface area contributed by atoms with Gasteiger partial charge in [0.15, 0.2) is 0 Å². The molecule has 0 aliphatic heterocycles. The minimum absolute atomic E-state index is 0.753. The Balaban J connectivity index is 1.62. The molecule has 0 aliphatic carbocycles. The maximum absolute atomic E-state index is 4.70. The van der Waals surface area contributed by atoms with Crippen molar-refractivity contribution >= 4 is 11.3 Å². The van der Waals surface area contributed by atoms with E-state index in [0.29, 0.717) is 0 Å². The standard InChI is InChI=1S/C18H15N5S/c1-13-18(24-12-21-13)10-23-6-5-17(22-23)15-4-2-3-14(7-15)16-8-19-11-20-9-16/h2-9,11-12H,10H2,1H3. The number of hydrogen-bond donors (Lipinski definition) is 0. The highest BCUT2D eigenvalue weighted by molar-refractivity contribution is 7.09. The molecule has 0 bridgehead atoms. The molecule has 4 aromatic rings. The van der Waals surface area contributed by atoms with E-state index in [0.717, 1.165) is 34.6 Å². The first kappa shape index (κ1) is 14.7. The third-order valence-corrected chi connectivity index (χ3v) is 4.76. The lowest BCUT2D eigenvalue weighted by Crippen LogP contribution is -2.00. The molecule has 0 N–H and O–H groups in total. The molecule has 0 unspecified atom stereocenters. The summed E-state index contributed by atoms with van der Waals surface area (Å²) in [5.74, 6) is 0. The Morgan fingerprint density at radius 2 is 1.88 bits per heavy atom. The zero-order chi connectivity index (χ0) is 16.4. The van der Waals surface area contributed by atoms with Crippen LogP contribution in [0.25, 0.3) is 22.4 Å². The fraction of sp³-hybridized carbons (Fsp3) is 0.111. The predicted molar refractivity (Wildman–Crippen MR) is 94.6 cm³/mol. The van der Waals surface area contributed by atoms with Crippen molar-refractivity contribution in [2.24, 2.45) is 0 Å². The van der Waals surface area contributed by atoms with Crippen LogP contribution in [-0.4, -0.2) is 24.7 Å². The molecule has 0 saturated heterocycles. The highest BCUT2D eigenvalue weighted by Gasteiger charge is 2.07. The van der Waals surface area contributed by atoms with Gasteiger partial charge in [0.2, 0.25) is 0 Å². The van der Waals surface area contributed by atoms with Gasteiger partial charge in [-0.05, 0) is 24.6 Å². The van der Waals surface area contributed by atoms with Gasteiger partial charge in [0.1, 0.15) is 6.33 Å². The second-order valence-corrected chi connectivity index (χ2v) is 6.41. The van der Waals surface area contributed by atoms with Gasteiger partial charge in [0, 0.05) is 34.6 Å². The van der Waals surface area contributed by atoms with Crippen LogP contribution in [0.4, 0.5) is 0 Å². The lowest BCUT2D eigenvalue weighted by Gasteiger charge is -2.03. The van der Waals surface area contributed by atoms with E-state index in [9.17, 15) is 0 Å². The van der Waals surface area contributed by atoms with Crippen LogP contribution in [0.5, 0.6) is 0 Å². The Morgan fingerprint density at radius 3 is 2.67 bits per heavy atom. The molecule has 0 spiro atoms. The molecular formula is C18H15N5S. The normalized spacial score (nSPS) is 10.9. The lowest BCUT2D eigenvalue weighted by atomic mass is 10.0. The molecule has 6 heteroatoms. The molecule has 0 aliphatic rings. The second kappa shape index (κ2) is 6.33. The van der Waals surface area contributed by atoms with Crippen LogP contribution in [0.2, 0.25) is 0 Å². The molecular weight excluding hydrogens is 318 g/mol. The number of aryl methyl sites for hydroxylation is 1. The van der Waals surface area contributed by atoms with Gasteiger partial charge < -0.3 is 0 Å². The average molecular weight is 333 g/mol. The number of hydrogen-bond acceptors (Lipinski definition) is 5. The molecule has 3 aromatic heterocycles. The van der Waals surface area contributed by atoms with Gasteiger partial charge in [-0.1, -0.05) is 18.2 Å². The van der Waals surface area contributed by atoms with Crippen LogP contribution < -0.4 is 0 Å². The summed E-state index contributed by atoms with van der Waals surface area (Å²) in [6.45, 7) is 2.78. The van der Waals surface area contributed by atoms with Gasteiger partial charge in [0.05, 0.1) is 23.4 Å². The first-order valence-corrected chi connectivity index (χ1v) is 8.46. The van der Waals surface area contributed by atoms with Gasteiger partial charge >= 0.3 is 0 Å². The van der Waals surface area contributed by atoms with Gasteiger partial charge in [-0.2, -0.15) is 5.10 Å². The minimum Gasteiger partial charge on any atom is -0.267 e. The molecule has 4 rings (SSSR count). The summed E-state index contributed by atoms with van der Waals surface area (Å²) in [7, 11) is 0. The highest BCUT2D eigenvalue weighted by atomic mass is 32.1. The smallest absolute Gasteiger partial charge is 0.115 e. The van der Waals surface area contributed by atoms with Gasteiger partial charge in [0.25, 0.3) is 0 Å².